The van der Waals surface area contributed by atoms with Crippen molar-refractivity contribution >= 4 is 16.7 Å². The van der Waals surface area contributed by atoms with Crippen molar-refractivity contribution in [2.75, 3.05) is 0 Å². The van der Waals surface area contributed by atoms with Crippen LogP contribution in [-0.2, 0) is 11.3 Å². The maximum absolute atomic E-state index is 13.6. The topological polar surface area (TPSA) is 38.3 Å². The largest absolute Gasteiger partial charge is 0.481 e. The van der Waals surface area contributed by atoms with E-state index in [9.17, 15) is 9.18 Å². The fraction of sp³-hybridized carbons (Fsp3) is 0.150. The summed E-state index contributed by atoms with van der Waals surface area (Å²) in [6, 6.07) is 20.0. The molecule has 24 heavy (non-hydrogen) atoms. The summed E-state index contributed by atoms with van der Waals surface area (Å²) in [6.07, 6.45) is -0.669. The van der Waals surface area contributed by atoms with Crippen molar-refractivity contribution in [2.45, 2.75) is 19.6 Å². The monoisotopic (exact) mass is 323 g/mol. The Hall–Kier alpha value is -2.88. The zero-order valence-electron chi connectivity index (χ0n) is 13.3. The molecule has 0 saturated carbocycles. The fourth-order valence-electron chi connectivity index (χ4n) is 2.47. The fourth-order valence-corrected chi connectivity index (χ4v) is 2.47. The number of amides is 1. The number of nitrogens with one attached hydrogen (secondary N) is 1. The van der Waals surface area contributed by atoms with Gasteiger partial charge in [0.2, 0.25) is 0 Å². The van der Waals surface area contributed by atoms with Crippen molar-refractivity contribution in [1.29, 1.82) is 0 Å². The second kappa shape index (κ2) is 7.13. The molecule has 1 amide bonds. The second-order valence-electron chi connectivity index (χ2n) is 5.58. The lowest BCUT2D eigenvalue weighted by Gasteiger charge is -2.15. The lowest BCUT2D eigenvalue weighted by molar-refractivity contribution is -0.127. The van der Waals surface area contributed by atoms with Crippen LogP contribution in [-0.4, -0.2) is 12.0 Å². The number of hydrogen-bond acceptors (Lipinski definition) is 2. The maximum Gasteiger partial charge on any atom is 0.261 e. The number of ether oxygens (including phenoxy) is 1. The minimum atomic E-state index is -0.669. The molecule has 0 aliphatic heterocycles. The molecule has 0 spiro atoms. The highest BCUT2D eigenvalue weighted by atomic mass is 19.1. The number of carbonyl (C=O) groups excluding carboxylic acids is 1. The molecule has 0 aliphatic rings. The number of fused-ring (bicyclic) bond motifs is 1. The predicted octanol–water partition coefficient (Wildman–Crippen LogP) is 4.06. The Morgan fingerprint density at radius 3 is 2.54 bits per heavy atom. The van der Waals surface area contributed by atoms with Crippen molar-refractivity contribution < 1.29 is 13.9 Å². The molecule has 0 saturated heterocycles. The molecule has 3 rings (SSSR count). The van der Waals surface area contributed by atoms with Crippen LogP contribution < -0.4 is 10.1 Å². The van der Waals surface area contributed by atoms with Crippen molar-refractivity contribution in [3.05, 3.63) is 78.1 Å². The highest BCUT2D eigenvalue weighted by Crippen LogP contribution is 2.21. The molecule has 1 N–H and O–H groups in total. The van der Waals surface area contributed by atoms with Crippen LogP contribution in [0.5, 0.6) is 5.75 Å². The van der Waals surface area contributed by atoms with E-state index in [-0.39, 0.29) is 18.3 Å². The van der Waals surface area contributed by atoms with E-state index in [4.69, 9.17) is 4.74 Å². The van der Waals surface area contributed by atoms with Gasteiger partial charge in [0.25, 0.3) is 5.91 Å². The second-order valence-corrected chi connectivity index (χ2v) is 5.58. The smallest absolute Gasteiger partial charge is 0.261 e. The molecule has 0 bridgehead atoms. The number of rotatable bonds is 5. The molecule has 3 aromatic rings. The lowest BCUT2D eigenvalue weighted by atomic mass is 10.1. The van der Waals surface area contributed by atoms with Crippen LogP contribution in [0.1, 0.15) is 12.5 Å². The van der Waals surface area contributed by atoms with E-state index >= 15 is 0 Å². The summed E-state index contributed by atoms with van der Waals surface area (Å²) in [5.41, 5.74) is 0.448. The molecular formula is C20H18FNO2. The summed E-state index contributed by atoms with van der Waals surface area (Å²) in [5.74, 6) is 0.00885. The van der Waals surface area contributed by atoms with Gasteiger partial charge in [0.1, 0.15) is 11.6 Å². The molecule has 3 aromatic carbocycles. The summed E-state index contributed by atoms with van der Waals surface area (Å²) in [6.45, 7) is 1.81. The Balaban J connectivity index is 1.61. The summed E-state index contributed by atoms with van der Waals surface area (Å²) in [7, 11) is 0. The first-order valence-electron chi connectivity index (χ1n) is 7.80. The summed E-state index contributed by atoms with van der Waals surface area (Å²) >= 11 is 0. The van der Waals surface area contributed by atoms with E-state index < -0.39 is 6.10 Å². The maximum atomic E-state index is 13.6. The molecule has 0 heterocycles. The molecule has 3 nitrogen and oxygen atoms in total. The minimum absolute atomic E-state index is 0.136. The zero-order chi connectivity index (χ0) is 16.9. The van der Waals surface area contributed by atoms with Crippen LogP contribution in [0.3, 0.4) is 0 Å². The Bertz CT molecular complexity index is 863. The van der Waals surface area contributed by atoms with Crippen LogP contribution in [0.2, 0.25) is 0 Å². The van der Waals surface area contributed by atoms with Gasteiger partial charge < -0.3 is 10.1 Å². The van der Waals surface area contributed by atoms with E-state index in [1.54, 1.807) is 25.1 Å². The number of benzene rings is 3. The van der Waals surface area contributed by atoms with Gasteiger partial charge in [0.05, 0.1) is 0 Å². The average molecular weight is 323 g/mol. The molecule has 4 heteroatoms. The molecule has 1 unspecified atom stereocenters. The van der Waals surface area contributed by atoms with E-state index in [2.05, 4.69) is 5.32 Å². The average Bonchev–Trinajstić information content (AvgIpc) is 2.60. The normalized spacial score (nSPS) is 11.9. The van der Waals surface area contributed by atoms with Gasteiger partial charge in [-0.25, -0.2) is 4.39 Å². The van der Waals surface area contributed by atoms with E-state index in [0.29, 0.717) is 11.3 Å². The van der Waals surface area contributed by atoms with Crippen LogP contribution >= 0.6 is 0 Å². The first kappa shape index (κ1) is 16.0. The number of halogens is 1. The number of carbonyl (C=O) groups is 1. The van der Waals surface area contributed by atoms with Gasteiger partial charge in [-0.3, -0.25) is 4.79 Å². The van der Waals surface area contributed by atoms with Crippen molar-refractivity contribution in [3.63, 3.8) is 0 Å². The molecule has 1 atom stereocenters. The van der Waals surface area contributed by atoms with Gasteiger partial charge in [-0.15, -0.1) is 0 Å². The van der Waals surface area contributed by atoms with Crippen LogP contribution in [0.4, 0.5) is 4.39 Å². The molecular weight excluding hydrogens is 305 g/mol. The molecule has 0 fully saturated rings. The third kappa shape index (κ3) is 3.71. The van der Waals surface area contributed by atoms with Crippen molar-refractivity contribution in [1.82, 2.24) is 5.32 Å². The molecule has 0 aliphatic carbocycles. The third-order valence-electron chi connectivity index (χ3n) is 3.81. The van der Waals surface area contributed by atoms with Crippen molar-refractivity contribution in [2.24, 2.45) is 0 Å². The summed E-state index contributed by atoms with van der Waals surface area (Å²) < 4.78 is 19.3. The zero-order valence-corrected chi connectivity index (χ0v) is 13.3. The first-order valence-corrected chi connectivity index (χ1v) is 7.80. The highest BCUT2D eigenvalue weighted by Gasteiger charge is 2.15. The van der Waals surface area contributed by atoms with Gasteiger partial charge in [-0.05, 0) is 35.9 Å². The van der Waals surface area contributed by atoms with E-state index in [1.165, 1.54) is 6.07 Å². The van der Waals surface area contributed by atoms with Crippen LogP contribution in [0.25, 0.3) is 10.8 Å². The number of hydrogen-bond donors (Lipinski definition) is 1. The molecule has 0 aromatic heterocycles. The Morgan fingerprint density at radius 1 is 1.04 bits per heavy atom. The van der Waals surface area contributed by atoms with Crippen molar-refractivity contribution in [3.8, 4) is 5.75 Å². The highest BCUT2D eigenvalue weighted by molar-refractivity contribution is 5.84. The quantitative estimate of drug-likeness (QED) is 0.769. The van der Waals surface area contributed by atoms with Gasteiger partial charge in [0.15, 0.2) is 6.10 Å². The van der Waals surface area contributed by atoms with Gasteiger partial charge in [-0.2, -0.15) is 0 Å². The van der Waals surface area contributed by atoms with Gasteiger partial charge in [-0.1, -0.05) is 48.5 Å². The third-order valence-corrected chi connectivity index (χ3v) is 3.81. The SMILES string of the molecule is CC(Oc1ccc2ccccc2c1)C(=O)NCc1ccccc1F. The Morgan fingerprint density at radius 2 is 1.75 bits per heavy atom. The predicted molar refractivity (Wildman–Crippen MR) is 92.3 cm³/mol. The molecule has 122 valence electrons. The first-order chi connectivity index (χ1) is 11.6. The lowest BCUT2D eigenvalue weighted by Crippen LogP contribution is -2.36. The standard InChI is InChI=1S/C20H18FNO2/c1-14(20(23)22-13-17-8-4-5-9-19(17)21)24-18-11-10-15-6-2-3-7-16(15)12-18/h2-12,14H,13H2,1H3,(H,22,23). The van der Waals surface area contributed by atoms with Gasteiger partial charge in [0, 0.05) is 12.1 Å². The van der Waals surface area contributed by atoms with Crippen LogP contribution in [0.15, 0.2) is 66.7 Å². The van der Waals surface area contributed by atoms with E-state index in [1.807, 2.05) is 42.5 Å². The van der Waals surface area contributed by atoms with E-state index in [0.717, 1.165) is 10.8 Å². The summed E-state index contributed by atoms with van der Waals surface area (Å²) in [5, 5.41) is 4.86. The Labute approximate surface area is 140 Å². The molecule has 0 radical (unpaired) electrons. The van der Waals surface area contributed by atoms with Gasteiger partial charge >= 0.3 is 0 Å². The minimum Gasteiger partial charge on any atom is -0.481 e. The van der Waals surface area contributed by atoms with Crippen LogP contribution in [0, 0.1) is 5.82 Å². The summed E-state index contributed by atoms with van der Waals surface area (Å²) in [4.78, 5) is 12.1. The Kier molecular flexibility index (Phi) is 4.75.